The van der Waals surface area contributed by atoms with Crippen molar-refractivity contribution in [2.45, 2.75) is 13.3 Å². The summed E-state index contributed by atoms with van der Waals surface area (Å²) in [5, 5.41) is 25.5. The molecule has 1 heterocycles. The molecule has 0 bridgehead atoms. The molecule has 1 aromatic rings. The Labute approximate surface area is 115 Å². The zero-order valence-electron chi connectivity index (χ0n) is 11.0. The maximum Gasteiger partial charge on any atom is 0.270 e. The molecule has 2 rings (SSSR count). The molecule has 0 radical (unpaired) electrons. The highest BCUT2D eigenvalue weighted by molar-refractivity contribution is 5.96. The third-order valence-electron chi connectivity index (χ3n) is 3.50. The minimum atomic E-state index is -0.575. The molecule has 1 atom stereocenters. The smallest absolute Gasteiger partial charge is 0.270 e. The normalized spacial score (nSPS) is 21.2. The average Bonchev–Trinajstić information content (AvgIpc) is 2.87. The van der Waals surface area contributed by atoms with Crippen LogP contribution in [0.25, 0.3) is 0 Å². The predicted octanol–water partition coefficient (Wildman–Crippen LogP) is 1.40. The van der Waals surface area contributed by atoms with Crippen LogP contribution in [0.15, 0.2) is 18.2 Å². The number of benzene rings is 1. The van der Waals surface area contributed by atoms with Gasteiger partial charge in [-0.1, -0.05) is 0 Å². The molecule has 104 valence electrons. The summed E-state index contributed by atoms with van der Waals surface area (Å²) in [4.78, 5) is 22.3. The number of anilines is 1. The van der Waals surface area contributed by atoms with Gasteiger partial charge in [-0.05, 0) is 26.0 Å². The van der Waals surface area contributed by atoms with Crippen molar-refractivity contribution in [1.29, 1.82) is 5.26 Å². The van der Waals surface area contributed by atoms with Crippen molar-refractivity contribution in [3.8, 4) is 6.07 Å². The van der Waals surface area contributed by atoms with E-state index in [1.165, 1.54) is 12.1 Å². The Morgan fingerprint density at radius 1 is 1.60 bits per heavy atom. The topological polar surface area (TPSA) is 108 Å². The summed E-state index contributed by atoms with van der Waals surface area (Å²) in [5.74, 6) is -0.187. The highest BCUT2D eigenvalue weighted by Crippen LogP contribution is 2.28. The Bertz CT molecular complexity index is 600. The number of carbonyl (C=O) groups excluding carboxylic acids is 1. The van der Waals surface area contributed by atoms with Gasteiger partial charge in [-0.2, -0.15) is 5.26 Å². The van der Waals surface area contributed by atoms with Gasteiger partial charge in [0.1, 0.15) is 6.07 Å². The van der Waals surface area contributed by atoms with E-state index in [-0.39, 0.29) is 17.2 Å². The number of nitriles is 1. The van der Waals surface area contributed by atoms with E-state index in [4.69, 9.17) is 5.26 Å². The number of non-ortho nitro benzene ring substituents is 1. The van der Waals surface area contributed by atoms with E-state index in [0.717, 1.165) is 12.6 Å². The van der Waals surface area contributed by atoms with Gasteiger partial charge in [-0.25, -0.2) is 0 Å². The minimum absolute atomic E-state index is 0.0853. The molecule has 1 aliphatic rings. The Hall–Kier alpha value is -2.46. The molecule has 0 aliphatic carbocycles. The summed E-state index contributed by atoms with van der Waals surface area (Å²) in [5.41, 5.74) is -0.305. The van der Waals surface area contributed by atoms with E-state index in [1.54, 1.807) is 0 Å². The molecule has 0 saturated carbocycles. The lowest BCUT2D eigenvalue weighted by atomic mass is 9.88. The van der Waals surface area contributed by atoms with Crippen molar-refractivity contribution < 1.29 is 9.72 Å². The van der Waals surface area contributed by atoms with Crippen LogP contribution in [0.5, 0.6) is 0 Å². The van der Waals surface area contributed by atoms with E-state index in [0.29, 0.717) is 18.7 Å². The van der Waals surface area contributed by atoms with Gasteiger partial charge in [0, 0.05) is 18.7 Å². The number of hydrogen-bond acceptors (Lipinski definition) is 5. The summed E-state index contributed by atoms with van der Waals surface area (Å²) < 4.78 is 0. The van der Waals surface area contributed by atoms with E-state index in [9.17, 15) is 14.9 Å². The standard InChI is InChI=1S/C13H14N4O3/c1-13(4-5-15-8-13)12(18)16-11-3-2-10(17(19)20)6-9(11)7-14/h2-3,6,15H,4-5,8H2,1H3,(H,16,18). The second-order valence-electron chi connectivity index (χ2n) is 5.04. The molecule has 0 aromatic heterocycles. The lowest BCUT2D eigenvalue weighted by Crippen LogP contribution is -2.35. The summed E-state index contributed by atoms with van der Waals surface area (Å²) in [7, 11) is 0. The maximum absolute atomic E-state index is 12.2. The first kappa shape index (κ1) is 14.0. The average molecular weight is 274 g/mol. The molecular formula is C13H14N4O3. The number of hydrogen-bond donors (Lipinski definition) is 2. The van der Waals surface area contributed by atoms with Crippen molar-refractivity contribution in [2.24, 2.45) is 5.41 Å². The first-order valence-corrected chi connectivity index (χ1v) is 6.17. The van der Waals surface area contributed by atoms with Gasteiger partial charge >= 0.3 is 0 Å². The number of carbonyl (C=O) groups is 1. The highest BCUT2D eigenvalue weighted by Gasteiger charge is 2.36. The highest BCUT2D eigenvalue weighted by atomic mass is 16.6. The lowest BCUT2D eigenvalue weighted by Gasteiger charge is -2.21. The monoisotopic (exact) mass is 274 g/mol. The van der Waals surface area contributed by atoms with Crippen LogP contribution in [0, 0.1) is 26.9 Å². The Kier molecular flexibility index (Phi) is 3.68. The van der Waals surface area contributed by atoms with E-state index in [1.807, 2.05) is 13.0 Å². The molecular weight excluding hydrogens is 260 g/mol. The fourth-order valence-electron chi connectivity index (χ4n) is 2.13. The zero-order chi connectivity index (χ0) is 14.8. The van der Waals surface area contributed by atoms with Crippen LogP contribution in [-0.4, -0.2) is 23.9 Å². The number of amides is 1. The summed E-state index contributed by atoms with van der Waals surface area (Å²) in [6, 6.07) is 5.68. The van der Waals surface area contributed by atoms with Crippen molar-refractivity contribution in [3.63, 3.8) is 0 Å². The van der Waals surface area contributed by atoms with Gasteiger partial charge in [-0.3, -0.25) is 14.9 Å². The van der Waals surface area contributed by atoms with Crippen LogP contribution >= 0.6 is 0 Å². The molecule has 1 aliphatic heterocycles. The SMILES string of the molecule is CC1(C(=O)Nc2ccc([N+](=O)[O-])cc2C#N)CCNC1. The second-order valence-corrected chi connectivity index (χ2v) is 5.04. The molecule has 0 spiro atoms. The predicted molar refractivity (Wildman–Crippen MR) is 72.0 cm³/mol. The van der Waals surface area contributed by atoms with Crippen molar-refractivity contribution in [3.05, 3.63) is 33.9 Å². The molecule has 1 saturated heterocycles. The van der Waals surface area contributed by atoms with Gasteiger partial charge in [0.2, 0.25) is 5.91 Å². The van der Waals surface area contributed by atoms with E-state index in [2.05, 4.69) is 10.6 Å². The largest absolute Gasteiger partial charge is 0.324 e. The first-order valence-electron chi connectivity index (χ1n) is 6.17. The van der Waals surface area contributed by atoms with Crippen LogP contribution in [-0.2, 0) is 4.79 Å². The zero-order valence-corrected chi connectivity index (χ0v) is 11.0. The van der Waals surface area contributed by atoms with Crippen LogP contribution in [0.1, 0.15) is 18.9 Å². The third-order valence-corrected chi connectivity index (χ3v) is 3.50. The number of nitro groups is 1. The fraction of sp³-hybridized carbons (Fsp3) is 0.385. The number of nitro benzene ring substituents is 1. The summed E-state index contributed by atoms with van der Waals surface area (Å²) in [6.45, 7) is 3.20. The van der Waals surface area contributed by atoms with Crippen LogP contribution in [0.2, 0.25) is 0 Å². The molecule has 1 unspecified atom stereocenters. The summed E-state index contributed by atoms with van der Waals surface area (Å²) in [6.07, 6.45) is 0.716. The molecule has 1 aromatic carbocycles. The fourth-order valence-corrected chi connectivity index (χ4v) is 2.13. The molecule has 2 N–H and O–H groups in total. The maximum atomic E-state index is 12.2. The minimum Gasteiger partial charge on any atom is -0.324 e. The molecule has 7 heteroatoms. The van der Waals surface area contributed by atoms with Crippen LogP contribution in [0.3, 0.4) is 0 Å². The van der Waals surface area contributed by atoms with Gasteiger partial charge in [0.25, 0.3) is 5.69 Å². The molecule has 20 heavy (non-hydrogen) atoms. The quantitative estimate of drug-likeness (QED) is 0.639. The number of rotatable bonds is 3. The van der Waals surface area contributed by atoms with Gasteiger partial charge in [0.15, 0.2) is 0 Å². The van der Waals surface area contributed by atoms with Crippen LogP contribution in [0.4, 0.5) is 11.4 Å². The Morgan fingerprint density at radius 2 is 2.35 bits per heavy atom. The van der Waals surface area contributed by atoms with Gasteiger partial charge in [-0.15, -0.1) is 0 Å². The van der Waals surface area contributed by atoms with Crippen molar-refractivity contribution in [1.82, 2.24) is 5.32 Å². The third kappa shape index (κ3) is 2.60. The Balaban J connectivity index is 2.23. The van der Waals surface area contributed by atoms with E-state index >= 15 is 0 Å². The Morgan fingerprint density at radius 3 is 2.90 bits per heavy atom. The molecule has 1 amide bonds. The first-order chi connectivity index (χ1) is 9.46. The number of nitrogens with one attached hydrogen (secondary N) is 2. The van der Waals surface area contributed by atoms with Gasteiger partial charge < -0.3 is 10.6 Å². The second kappa shape index (κ2) is 5.27. The summed E-state index contributed by atoms with van der Waals surface area (Å²) >= 11 is 0. The lowest BCUT2D eigenvalue weighted by molar-refractivity contribution is -0.384. The van der Waals surface area contributed by atoms with Crippen LogP contribution < -0.4 is 10.6 Å². The van der Waals surface area contributed by atoms with Crippen molar-refractivity contribution >= 4 is 17.3 Å². The van der Waals surface area contributed by atoms with Gasteiger partial charge in [0.05, 0.1) is 21.6 Å². The molecule has 7 nitrogen and oxygen atoms in total. The van der Waals surface area contributed by atoms with Crippen molar-refractivity contribution in [2.75, 3.05) is 18.4 Å². The van der Waals surface area contributed by atoms with E-state index < -0.39 is 10.3 Å². The molecule has 1 fully saturated rings. The number of nitrogens with zero attached hydrogens (tertiary/aromatic N) is 2.